The van der Waals surface area contributed by atoms with Crippen LogP contribution in [0.4, 0.5) is 30.8 Å². The zero-order valence-electron chi connectivity index (χ0n) is 18.0. The zero-order chi connectivity index (χ0) is 23.2. The maximum absolute atomic E-state index is 15.2. The fourth-order valence-corrected chi connectivity index (χ4v) is 3.71. The number of rotatable bonds is 5. The molecule has 3 heterocycles. The molecule has 2 aliphatic rings. The molecule has 0 saturated carbocycles. The molecule has 0 bridgehead atoms. The van der Waals surface area contributed by atoms with E-state index < -0.39 is 23.4 Å². The highest BCUT2D eigenvalue weighted by Crippen LogP contribution is 2.42. The molecule has 0 aliphatic carbocycles. The van der Waals surface area contributed by atoms with E-state index in [-0.39, 0.29) is 30.5 Å². The minimum Gasteiger partial charge on any atom is -0.493 e. The molecule has 13 heteroatoms. The Bertz CT molecular complexity index is 1080. The Morgan fingerprint density at radius 3 is 2.34 bits per heavy atom. The van der Waals surface area contributed by atoms with Crippen LogP contribution >= 0.6 is 0 Å². The number of anilines is 3. The van der Waals surface area contributed by atoms with Gasteiger partial charge in [0.15, 0.2) is 23.1 Å². The average Bonchev–Trinajstić information content (AvgIpc) is 3.18. The lowest BCUT2D eigenvalue weighted by Crippen LogP contribution is -2.51. The van der Waals surface area contributed by atoms with Gasteiger partial charge in [0.1, 0.15) is 24.8 Å². The number of hydrogen-bond acceptors (Lipinski definition) is 9. The Kier molecular flexibility index (Phi) is 5.32. The molecular weight excluding hydrogens is 426 g/mol. The number of fused-ring (bicyclic) bond motifs is 1. The third-order valence-electron chi connectivity index (χ3n) is 5.28. The van der Waals surface area contributed by atoms with Crippen molar-refractivity contribution in [2.24, 2.45) is 10.4 Å². The number of amides is 2. The lowest BCUT2D eigenvalue weighted by molar-refractivity contribution is 0.223. The standard InChI is InChI=1S/C19H22F2N8O3/c1-10-16-11(6-23-18(10)22)7-28(19(30)29(16)9-27-8-26(2)24-25-27)17-14(20)12(31-3)5-13(32-4)15(17)21/h5-6H,7-9H2,1-4H3,(H2,22,23). The van der Waals surface area contributed by atoms with E-state index in [2.05, 4.69) is 15.4 Å². The molecule has 2 amide bonds. The molecule has 0 fully saturated rings. The molecule has 0 unspecified atom stereocenters. The van der Waals surface area contributed by atoms with Gasteiger partial charge in [-0.3, -0.25) is 14.8 Å². The van der Waals surface area contributed by atoms with Crippen molar-refractivity contribution < 1.29 is 23.0 Å². The summed E-state index contributed by atoms with van der Waals surface area (Å²) in [6.45, 7) is 1.90. The highest BCUT2D eigenvalue weighted by molar-refractivity contribution is 6.07. The summed E-state index contributed by atoms with van der Waals surface area (Å²) in [5, 5.41) is 11.0. The zero-order valence-corrected chi connectivity index (χ0v) is 18.0. The largest absolute Gasteiger partial charge is 0.493 e. The fourth-order valence-electron chi connectivity index (χ4n) is 3.71. The van der Waals surface area contributed by atoms with Gasteiger partial charge in [-0.1, -0.05) is 5.22 Å². The predicted molar refractivity (Wildman–Crippen MR) is 111 cm³/mol. The molecule has 4 rings (SSSR count). The molecule has 0 saturated heterocycles. The lowest BCUT2D eigenvalue weighted by Gasteiger charge is -2.39. The number of halogens is 2. The first-order valence-corrected chi connectivity index (χ1v) is 9.57. The van der Waals surface area contributed by atoms with Crippen LogP contribution in [0.1, 0.15) is 11.1 Å². The van der Waals surface area contributed by atoms with Crippen molar-refractivity contribution in [2.75, 3.05) is 50.1 Å². The summed E-state index contributed by atoms with van der Waals surface area (Å²) in [5.41, 5.74) is 7.03. The SMILES string of the molecule is COc1cc(OC)c(F)c(N2Cc3cnc(N)c(C)c3N(CN3CN(C)N=N3)C2=O)c1F. The minimum absolute atomic E-state index is 0.0230. The van der Waals surface area contributed by atoms with Crippen LogP contribution in [0, 0.1) is 18.6 Å². The molecule has 2 N–H and O–H groups in total. The van der Waals surface area contributed by atoms with E-state index in [0.717, 1.165) is 11.0 Å². The third kappa shape index (κ3) is 3.35. The average molecular weight is 448 g/mol. The van der Waals surface area contributed by atoms with Crippen molar-refractivity contribution in [3.05, 3.63) is 35.0 Å². The van der Waals surface area contributed by atoms with Crippen LogP contribution in [-0.4, -0.2) is 55.6 Å². The van der Waals surface area contributed by atoms with Crippen molar-refractivity contribution in [3.8, 4) is 11.5 Å². The second-order valence-electron chi connectivity index (χ2n) is 7.32. The number of aromatic nitrogens is 1. The molecule has 0 radical (unpaired) electrons. The van der Waals surface area contributed by atoms with E-state index in [1.807, 2.05) is 0 Å². The minimum atomic E-state index is -1.02. The Labute approximate surface area is 182 Å². The first kappa shape index (κ1) is 21.3. The molecule has 170 valence electrons. The summed E-state index contributed by atoms with van der Waals surface area (Å²) in [4.78, 5) is 20.1. The topological polar surface area (TPSA) is 112 Å². The van der Waals surface area contributed by atoms with Gasteiger partial charge in [0.2, 0.25) is 0 Å². The quantitative estimate of drug-likeness (QED) is 0.748. The number of pyridine rings is 1. The van der Waals surface area contributed by atoms with Crippen molar-refractivity contribution in [1.82, 2.24) is 15.0 Å². The number of carbonyl (C=O) groups excluding carboxylic acids is 1. The monoisotopic (exact) mass is 448 g/mol. The molecule has 32 heavy (non-hydrogen) atoms. The van der Waals surface area contributed by atoms with Crippen LogP contribution in [0.3, 0.4) is 0 Å². The van der Waals surface area contributed by atoms with Crippen molar-refractivity contribution >= 4 is 23.2 Å². The molecule has 1 aromatic heterocycles. The molecule has 2 aliphatic heterocycles. The van der Waals surface area contributed by atoms with Crippen LogP contribution in [-0.2, 0) is 6.54 Å². The number of hydrogen-bond donors (Lipinski definition) is 1. The summed E-state index contributed by atoms with van der Waals surface area (Å²) >= 11 is 0. The van der Waals surface area contributed by atoms with Gasteiger partial charge in [-0.15, -0.1) is 0 Å². The van der Waals surface area contributed by atoms with Gasteiger partial charge in [-0.25, -0.2) is 23.6 Å². The Balaban J connectivity index is 1.85. The first-order chi connectivity index (χ1) is 15.3. The van der Waals surface area contributed by atoms with E-state index in [4.69, 9.17) is 15.2 Å². The van der Waals surface area contributed by atoms with E-state index in [0.29, 0.717) is 23.5 Å². The number of carbonyl (C=O) groups is 1. The van der Waals surface area contributed by atoms with Gasteiger partial charge in [-0.05, 0) is 12.1 Å². The fraction of sp³-hybridized carbons (Fsp3) is 0.368. The number of methoxy groups -OCH3 is 2. The highest BCUT2D eigenvalue weighted by Gasteiger charge is 2.38. The summed E-state index contributed by atoms with van der Waals surface area (Å²) in [7, 11) is 4.20. The smallest absolute Gasteiger partial charge is 0.331 e. The summed E-state index contributed by atoms with van der Waals surface area (Å²) in [6.07, 6.45) is 1.48. The molecule has 0 atom stereocenters. The Morgan fingerprint density at radius 1 is 1.12 bits per heavy atom. The highest BCUT2D eigenvalue weighted by atomic mass is 19.1. The molecule has 11 nitrogen and oxygen atoms in total. The normalized spacial score (nSPS) is 15.5. The van der Waals surface area contributed by atoms with E-state index >= 15 is 8.78 Å². The third-order valence-corrected chi connectivity index (χ3v) is 5.28. The van der Waals surface area contributed by atoms with Crippen LogP contribution in [0.5, 0.6) is 11.5 Å². The van der Waals surface area contributed by atoms with Gasteiger partial charge in [0.05, 0.1) is 26.5 Å². The number of ether oxygens (including phenoxy) is 2. The summed E-state index contributed by atoms with van der Waals surface area (Å²) < 4.78 is 40.4. The van der Waals surface area contributed by atoms with Crippen LogP contribution in [0.2, 0.25) is 0 Å². The molecule has 1 aromatic carbocycles. The van der Waals surface area contributed by atoms with Crippen LogP contribution in [0.15, 0.2) is 22.7 Å². The molecule has 0 spiro atoms. The van der Waals surface area contributed by atoms with E-state index in [1.54, 1.807) is 19.0 Å². The maximum Gasteiger partial charge on any atom is 0.331 e. The van der Waals surface area contributed by atoms with Crippen LogP contribution < -0.4 is 25.0 Å². The van der Waals surface area contributed by atoms with Gasteiger partial charge >= 0.3 is 6.03 Å². The van der Waals surface area contributed by atoms with Crippen molar-refractivity contribution in [2.45, 2.75) is 13.5 Å². The van der Waals surface area contributed by atoms with Gasteiger partial charge in [0, 0.05) is 30.4 Å². The van der Waals surface area contributed by atoms with Gasteiger partial charge in [0.25, 0.3) is 0 Å². The molecular formula is C19H22F2N8O3. The van der Waals surface area contributed by atoms with Crippen molar-refractivity contribution in [1.29, 1.82) is 0 Å². The summed E-state index contributed by atoms with van der Waals surface area (Å²) in [6, 6.07) is 0.408. The lowest BCUT2D eigenvalue weighted by atomic mass is 10.1. The van der Waals surface area contributed by atoms with E-state index in [1.165, 1.54) is 30.3 Å². The molecule has 2 aromatic rings. The number of benzene rings is 1. The second kappa shape index (κ2) is 7.98. The number of nitrogens with two attached hydrogens (primary N) is 1. The van der Waals surface area contributed by atoms with Gasteiger partial charge in [-0.2, -0.15) is 0 Å². The number of nitrogen functional groups attached to an aromatic ring is 1. The predicted octanol–water partition coefficient (Wildman–Crippen LogP) is 2.66. The van der Waals surface area contributed by atoms with E-state index in [9.17, 15) is 4.79 Å². The second-order valence-corrected chi connectivity index (χ2v) is 7.32. The van der Waals surface area contributed by atoms with Crippen molar-refractivity contribution in [3.63, 3.8) is 0 Å². The summed E-state index contributed by atoms with van der Waals surface area (Å²) in [5.74, 6) is -2.32. The van der Waals surface area contributed by atoms with Gasteiger partial charge < -0.3 is 15.2 Å². The maximum atomic E-state index is 15.2. The Morgan fingerprint density at radius 2 is 1.78 bits per heavy atom. The Hall–Kier alpha value is -3.90. The number of nitrogens with zero attached hydrogens (tertiary/aromatic N) is 7. The van der Waals surface area contributed by atoms with Crippen LogP contribution in [0.25, 0.3) is 0 Å². The number of urea groups is 1. The first-order valence-electron chi connectivity index (χ1n) is 9.57.